The van der Waals surface area contributed by atoms with Crippen LogP contribution in [0.4, 0.5) is 0 Å². The maximum absolute atomic E-state index is 10.2. The van der Waals surface area contributed by atoms with Crippen molar-refractivity contribution >= 4 is 0 Å². The lowest BCUT2D eigenvalue weighted by Gasteiger charge is -2.57. The summed E-state index contributed by atoms with van der Waals surface area (Å²) >= 11 is 0. The van der Waals surface area contributed by atoms with Gasteiger partial charge in [-0.05, 0) is 104 Å². The van der Waals surface area contributed by atoms with Crippen molar-refractivity contribution in [2.24, 2.45) is 52.3 Å². The molecule has 4 aliphatic carbocycles. The lowest BCUT2D eigenvalue weighted by atomic mass is 9.47. The van der Waals surface area contributed by atoms with Gasteiger partial charge in [0.2, 0.25) is 0 Å². The van der Waals surface area contributed by atoms with Gasteiger partial charge in [-0.15, -0.1) is 0 Å². The summed E-state index contributed by atoms with van der Waals surface area (Å²) in [6.45, 7) is 14.7. The zero-order valence-electron chi connectivity index (χ0n) is 20.0. The number of fused-ring (bicyclic) bond motifs is 5. The maximum Gasteiger partial charge on any atom is 0.0543 e. The monoisotopic (exact) mass is 398 g/mol. The predicted octanol–water partition coefficient (Wildman–Crippen LogP) is 7.41. The first-order chi connectivity index (χ1) is 13.7. The van der Waals surface area contributed by atoms with Gasteiger partial charge in [0.25, 0.3) is 0 Å². The standard InChI is InChI=1S/C28H46O/c1-18(2)19(3)7-8-20(4)24-11-12-25-23-10-9-21-17-22(29)13-15-27(21,5)26(23)14-16-28(24,25)6/h7-8,10,18-22,24-26,29H,9,11-17H2,1-6H3/b8-7+/t19-,20+,21?,22-,24+,25-,26-,27-,28+/m0/s1. The highest BCUT2D eigenvalue weighted by molar-refractivity contribution is 5.28. The van der Waals surface area contributed by atoms with Crippen LogP contribution < -0.4 is 0 Å². The van der Waals surface area contributed by atoms with Crippen LogP contribution >= 0.6 is 0 Å². The minimum Gasteiger partial charge on any atom is -0.393 e. The minimum absolute atomic E-state index is 0.0476. The number of hydrogen-bond acceptors (Lipinski definition) is 1. The average molecular weight is 399 g/mol. The molecule has 0 saturated heterocycles. The van der Waals surface area contributed by atoms with Crippen molar-refractivity contribution in [3.05, 3.63) is 23.8 Å². The molecular formula is C28H46O. The molecule has 0 heterocycles. The van der Waals surface area contributed by atoms with E-state index >= 15 is 0 Å². The minimum atomic E-state index is -0.0476. The Morgan fingerprint density at radius 1 is 0.931 bits per heavy atom. The summed E-state index contributed by atoms with van der Waals surface area (Å²) in [5.41, 5.74) is 2.79. The van der Waals surface area contributed by atoms with Crippen LogP contribution in [0.15, 0.2) is 23.8 Å². The Morgan fingerprint density at radius 3 is 2.34 bits per heavy atom. The number of aliphatic hydroxyl groups is 1. The summed E-state index contributed by atoms with van der Waals surface area (Å²) in [5.74, 6) is 5.25. The number of rotatable bonds is 4. The first-order valence-corrected chi connectivity index (χ1v) is 12.7. The van der Waals surface area contributed by atoms with E-state index < -0.39 is 0 Å². The van der Waals surface area contributed by atoms with E-state index in [4.69, 9.17) is 0 Å². The second kappa shape index (κ2) is 7.85. The van der Waals surface area contributed by atoms with Gasteiger partial charge in [0, 0.05) is 0 Å². The van der Waals surface area contributed by atoms with Crippen LogP contribution in [0.1, 0.15) is 92.9 Å². The Bertz CT molecular complexity index is 659. The fourth-order valence-electron chi connectivity index (χ4n) is 8.10. The lowest BCUT2D eigenvalue weighted by molar-refractivity contribution is -0.0414. The van der Waals surface area contributed by atoms with Gasteiger partial charge in [-0.3, -0.25) is 0 Å². The highest BCUT2D eigenvalue weighted by atomic mass is 16.3. The van der Waals surface area contributed by atoms with Crippen molar-refractivity contribution in [2.75, 3.05) is 0 Å². The Balaban J connectivity index is 1.54. The van der Waals surface area contributed by atoms with E-state index in [1.54, 1.807) is 0 Å². The van der Waals surface area contributed by atoms with E-state index in [2.05, 4.69) is 59.8 Å². The van der Waals surface area contributed by atoms with Crippen molar-refractivity contribution in [1.82, 2.24) is 0 Å². The van der Waals surface area contributed by atoms with Crippen LogP contribution in [0.25, 0.3) is 0 Å². The molecule has 29 heavy (non-hydrogen) atoms. The van der Waals surface area contributed by atoms with Crippen molar-refractivity contribution in [1.29, 1.82) is 0 Å². The third-order valence-corrected chi connectivity index (χ3v) is 10.5. The summed E-state index contributed by atoms with van der Waals surface area (Å²) < 4.78 is 0. The van der Waals surface area contributed by atoms with Crippen LogP contribution in [0.2, 0.25) is 0 Å². The molecule has 4 rings (SSSR count). The van der Waals surface area contributed by atoms with Crippen molar-refractivity contribution in [3.8, 4) is 0 Å². The van der Waals surface area contributed by atoms with E-state index in [9.17, 15) is 5.11 Å². The van der Waals surface area contributed by atoms with E-state index in [0.717, 1.165) is 36.5 Å². The van der Waals surface area contributed by atoms with Crippen molar-refractivity contribution in [2.45, 2.75) is 99.0 Å². The summed E-state index contributed by atoms with van der Waals surface area (Å²) in [4.78, 5) is 0. The molecule has 0 aromatic heterocycles. The molecule has 0 aromatic rings. The quantitative estimate of drug-likeness (QED) is 0.489. The van der Waals surface area contributed by atoms with Crippen molar-refractivity contribution < 1.29 is 5.11 Å². The lowest BCUT2D eigenvalue weighted by Crippen LogP contribution is -2.49. The third-order valence-electron chi connectivity index (χ3n) is 10.5. The molecule has 0 amide bonds. The van der Waals surface area contributed by atoms with Crippen LogP contribution in [0.3, 0.4) is 0 Å². The van der Waals surface area contributed by atoms with Gasteiger partial charge in [0.15, 0.2) is 0 Å². The van der Waals surface area contributed by atoms with E-state index in [1.165, 1.54) is 38.5 Å². The Hall–Kier alpha value is -0.560. The highest BCUT2D eigenvalue weighted by Crippen LogP contribution is 2.66. The Labute approximate surface area is 180 Å². The first kappa shape index (κ1) is 21.7. The maximum atomic E-state index is 10.2. The predicted molar refractivity (Wildman–Crippen MR) is 124 cm³/mol. The van der Waals surface area contributed by atoms with E-state index in [-0.39, 0.29) is 6.10 Å². The van der Waals surface area contributed by atoms with Crippen LogP contribution in [0, 0.1) is 52.3 Å². The fourth-order valence-corrected chi connectivity index (χ4v) is 8.10. The van der Waals surface area contributed by atoms with Gasteiger partial charge in [0.05, 0.1) is 6.10 Å². The molecular weight excluding hydrogens is 352 g/mol. The summed E-state index contributed by atoms with van der Waals surface area (Å²) in [7, 11) is 0. The Kier molecular flexibility index (Phi) is 5.86. The van der Waals surface area contributed by atoms with Gasteiger partial charge in [-0.25, -0.2) is 0 Å². The molecule has 1 unspecified atom stereocenters. The number of hydrogen-bond donors (Lipinski definition) is 1. The third kappa shape index (κ3) is 3.58. The van der Waals surface area contributed by atoms with E-state index in [0.29, 0.717) is 28.6 Å². The molecule has 1 heteroatoms. The van der Waals surface area contributed by atoms with Crippen LogP contribution in [-0.2, 0) is 0 Å². The van der Waals surface area contributed by atoms with Gasteiger partial charge < -0.3 is 5.11 Å². The molecule has 0 radical (unpaired) electrons. The smallest absolute Gasteiger partial charge is 0.0543 e. The normalized spacial score (nSPS) is 46.8. The number of allylic oxidation sites excluding steroid dienone is 4. The second-order valence-electron chi connectivity index (χ2n) is 12.3. The van der Waals surface area contributed by atoms with Crippen LogP contribution in [-0.4, -0.2) is 11.2 Å². The SMILES string of the molecule is CC(C)[C@@H](C)/C=C/[C@@H](C)[C@H]1CC[C@H]2C3=CCC4C[C@@H](O)CC[C@]4(C)[C@H]3CC[C@]12C. The average Bonchev–Trinajstić information content (AvgIpc) is 3.03. The molecule has 4 aliphatic rings. The summed E-state index contributed by atoms with van der Waals surface area (Å²) in [6, 6.07) is 0. The molecule has 9 atom stereocenters. The van der Waals surface area contributed by atoms with Gasteiger partial charge in [-0.2, -0.15) is 0 Å². The molecule has 0 aromatic carbocycles. The summed E-state index contributed by atoms with van der Waals surface area (Å²) in [6.07, 6.45) is 17.8. The Morgan fingerprint density at radius 2 is 1.62 bits per heavy atom. The molecule has 0 aliphatic heterocycles. The number of aliphatic hydroxyl groups excluding tert-OH is 1. The molecule has 3 saturated carbocycles. The summed E-state index contributed by atoms with van der Waals surface area (Å²) in [5, 5.41) is 10.2. The second-order valence-corrected chi connectivity index (χ2v) is 12.3. The van der Waals surface area contributed by atoms with Crippen molar-refractivity contribution in [3.63, 3.8) is 0 Å². The molecule has 164 valence electrons. The van der Waals surface area contributed by atoms with Gasteiger partial charge >= 0.3 is 0 Å². The van der Waals surface area contributed by atoms with Gasteiger partial charge in [0.1, 0.15) is 0 Å². The first-order valence-electron chi connectivity index (χ1n) is 12.7. The van der Waals surface area contributed by atoms with E-state index in [1.807, 2.05) is 5.57 Å². The van der Waals surface area contributed by atoms with Gasteiger partial charge in [-0.1, -0.05) is 65.3 Å². The molecule has 1 N–H and O–H groups in total. The molecule has 0 spiro atoms. The molecule has 0 bridgehead atoms. The molecule has 3 fully saturated rings. The fraction of sp³-hybridized carbons (Fsp3) is 0.857. The molecule has 1 nitrogen and oxygen atoms in total. The largest absolute Gasteiger partial charge is 0.393 e. The topological polar surface area (TPSA) is 20.2 Å². The zero-order valence-corrected chi connectivity index (χ0v) is 20.0. The highest BCUT2D eigenvalue weighted by Gasteiger charge is 2.57. The zero-order chi connectivity index (χ0) is 21.0. The van der Waals surface area contributed by atoms with Crippen LogP contribution in [0.5, 0.6) is 0 Å².